The second-order valence-electron chi connectivity index (χ2n) is 15.4. The number of para-hydroxylation sites is 1. The van der Waals surface area contributed by atoms with Gasteiger partial charge in [-0.15, -0.1) is 6.58 Å². The van der Waals surface area contributed by atoms with Crippen LogP contribution in [-0.4, -0.2) is 4.98 Å². The smallest absolute Gasteiger partial charge is 0.177 e. The summed E-state index contributed by atoms with van der Waals surface area (Å²) in [4.78, 5) is 5.26. The molecule has 2 heterocycles. The molecule has 8 aromatic carbocycles. The van der Waals surface area contributed by atoms with Crippen molar-refractivity contribution in [1.82, 2.24) is 4.98 Å². The molecule has 3 nitrogen and oxygen atoms in total. The number of ether oxygens (including phenoxy) is 2. The normalized spacial score (nSPS) is 12.9. The van der Waals surface area contributed by atoms with Crippen molar-refractivity contribution in [2.75, 3.05) is 0 Å². The van der Waals surface area contributed by atoms with Crippen LogP contribution < -0.4 is 9.47 Å². The number of hydrogen-bond acceptors (Lipinski definition) is 3. The van der Waals surface area contributed by atoms with Crippen molar-refractivity contribution >= 4 is 0 Å². The van der Waals surface area contributed by atoms with Gasteiger partial charge in [-0.05, 0) is 92.4 Å². The third-order valence-electron chi connectivity index (χ3n) is 12.0. The number of aromatic nitrogens is 1. The molecule has 0 unspecified atom stereocenters. The number of nitrogens with zero attached hydrogens (tertiary/aromatic N) is 1. The van der Waals surface area contributed by atoms with Crippen LogP contribution in [0, 0.1) is 0 Å². The van der Waals surface area contributed by atoms with Crippen molar-refractivity contribution in [3.63, 3.8) is 0 Å². The Labute approximate surface area is 350 Å². The molecule has 0 atom stereocenters. The molecule has 0 saturated carbocycles. The van der Waals surface area contributed by atoms with Gasteiger partial charge in [-0.2, -0.15) is 0 Å². The number of fused-ring (bicyclic) bond motifs is 5. The van der Waals surface area contributed by atoms with E-state index in [0.717, 1.165) is 56.8 Å². The topological polar surface area (TPSA) is 31.4 Å². The summed E-state index contributed by atoms with van der Waals surface area (Å²) in [6.07, 6.45) is 2.72. The average molecular weight is 770 g/mol. The molecule has 0 N–H and O–H groups in total. The molecule has 1 aliphatic carbocycles. The molecule has 0 radical (unpaired) electrons. The molecule has 0 amide bonds. The SMILES string of the molecule is C=CCc1ccccc1-c1cc(-c2ccccc2)cc(-c2ccc(-c3cccc4c3Oc3cc5c(cc3O4)-c3ccccc3C5(c3ccccc3)c3ccccc3)cc2)n1. The molecule has 0 spiro atoms. The van der Waals surface area contributed by atoms with E-state index in [1.807, 2.05) is 18.2 Å². The summed E-state index contributed by atoms with van der Waals surface area (Å²) in [6, 6.07) is 72.9. The Balaban J connectivity index is 0.994. The van der Waals surface area contributed by atoms with Gasteiger partial charge in [0.25, 0.3) is 0 Å². The van der Waals surface area contributed by atoms with E-state index in [-0.39, 0.29) is 0 Å². The van der Waals surface area contributed by atoms with E-state index >= 15 is 0 Å². The number of rotatable bonds is 8. The van der Waals surface area contributed by atoms with Gasteiger partial charge in [0, 0.05) is 16.7 Å². The minimum absolute atomic E-state index is 0.540. The van der Waals surface area contributed by atoms with Crippen LogP contribution in [0.2, 0.25) is 0 Å². The summed E-state index contributed by atoms with van der Waals surface area (Å²) in [5.41, 5.74) is 16.1. The summed E-state index contributed by atoms with van der Waals surface area (Å²) in [7, 11) is 0. The molecule has 284 valence electrons. The van der Waals surface area contributed by atoms with Crippen LogP contribution in [0.4, 0.5) is 0 Å². The summed E-state index contributed by atoms with van der Waals surface area (Å²) in [5.74, 6) is 2.78. The predicted molar refractivity (Wildman–Crippen MR) is 244 cm³/mol. The van der Waals surface area contributed by atoms with Gasteiger partial charge in [0.2, 0.25) is 0 Å². The third-order valence-corrected chi connectivity index (χ3v) is 12.0. The lowest BCUT2D eigenvalue weighted by molar-refractivity contribution is 0.360. The molecule has 2 aliphatic rings. The highest BCUT2D eigenvalue weighted by Crippen LogP contribution is 2.60. The van der Waals surface area contributed by atoms with E-state index < -0.39 is 5.41 Å². The Kier molecular flexibility index (Phi) is 8.60. The van der Waals surface area contributed by atoms with Crippen LogP contribution >= 0.6 is 0 Å². The lowest BCUT2D eigenvalue weighted by Crippen LogP contribution is -2.28. The standard InChI is InChI=1S/C57H39NO2/c1-2-17-39-20-12-13-25-45(39)52-35-42(38-18-6-3-7-19-38)34-51(58-52)41-32-30-40(31-33-41)46-27-16-29-53-56(46)60-55-37-50-48(36-54(55)59-53)47-26-14-15-28-49(47)57(50,43-21-8-4-9-22-43)44-23-10-5-11-24-44/h2-16,18-37H,1,17H2. The van der Waals surface area contributed by atoms with Gasteiger partial charge in [0.15, 0.2) is 23.0 Å². The van der Waals surface area contributed by atoms with Crippen LogP contribution in [0.1, 0.15) is 27.8 Å². The quantitative estimate of drug-likeness (QED) is 0.144. The van der Waals surface area contributed by atoms with Crippen LogP contribution in [-0.2, 0) is 11.8 Å². The zero-order valence-corrected chi connectivity index (χ0v) is 32.9. The third kappa shape index (κ3) is 5.78. The minimum Gasteiger partial charge on any atom is -0.449 e. The lowest BCUT2D eigenvalue weighted by atomic mass is 9.67. The molecule has 3 heteroatoms. The highest BCUT2D eigenvalue weighted by Gasteiger charge is 2.47. The Morgan fingerprint density at radius 3 is 1.75 bits per heavy atom. The fourth-order valence-corrected chi connectivity index (χ4v) is 9.30. The summed E-state index contributed by atoms with van der Waals surface area (Å²) >= 11 is 0. The molecule has 1 aliphatic heterocycles. The van der Waals surface area contributed by atoms with Crippen LogP contribution in [0.25, 0.3) is 55.9 Å². The Bertz CT molecular complexity index is 3020. The summed E-state index contributed by atoms with van der Waals surface area (Å²) in [5, 5.41) is 0. The first-order valence-electron chi connectivity index (χ1n) is 20.4. The van der Waals surface area contributed by atoms with E-state index in [9.17, 15) is 0 Å². The fraction of sp³-hybridized carbons (Fsp3) is 0.0351. The molecule has 60 heavy (non-hydrogen) atoms. The van der Waals surface area contributed by atoms with E-state index in [1.165, 1.54) is 33.4 Å². The molecule has 1 aromatic heterocycles. The van der Waals surface area contributed by atoms with Gasteiger partial charge >= 0.3 is 0 Å². The molecular weight excluding hydrogens is 731 g/mol. The Hall–Kier alpha value is -7.75. The van der Waals surface area contributed by atoms with E-state index in [4.69, 9.17) is 14.5 Å². The molecular formula is C57H39NO2. The number of hydrogen-bond donors (Lipinski definition) is 0. The van der Waals surface area contributed by atoms with Crippen molar-refractivity contribution in [3.05, 3.63) is 247 Å². The maximum Gasteiger partial charge on any atom is 0.177 e. The van der Waals surface area contributed by atoms with Gasteiger partial charge in [-0.3, -0.25) is 0 Å². The van der Waals surface area contributed by atoms with Crippen LogP contribution in [0.5, 0.6) is 23.0 Å². The van der Waals surface area contributed by atoms with Crippen molar-refractivity contribution in [2.24, 2.45) is 0 Å². The summed E-state index contributed by atoms with van der Waals surface area (Å²) < 4.78 is 13.7. The average Bonchev–Trinajstić information content (AvgIpc) is 3.60. The number of pyridine rings is 1. The number of allylic oxidation sites excluding steroid dienone is 1. The van der Waals surface area contributed by atoms with Crippen molar-refractivity contribution < 1.29 is 9.47 Å². The first kappa shape index (κ1) is 35.4. The Morgan fingerprint density at radius 1 is 0.417 bits per heavy atom. The highest BCUT2D eigenvalue weighted by molar-refractivity contribution is 5.89. The van der Waals surface area contributed by atoms with E-state index in [2.05, 4.69) is 201 Å². The molecule has 9 aromatic rings. The van der Waals surface area contributed by atoms with Crippen molar-refractivity contribution in [3.8, 4) is 78.9 Å². The largest absolute Gasteiger partial charge is 0.449 e. The van der Waals surface area contributed by atoms with Crippen LogP contribution in [0.3, 0.4) is 0 Å². The highest BCUT2D eigenvalue weighted by atomic mass is 16.6. The Morgan fingerprint density at radius 2 is 1.02 bits per heavy atom. The van der Waals surface area contributed by atoms with Gasteiger partial charge in [-0.1, -0.05) is 182 Å². The maximum atomic E-state index is 6.98. The number of benzene rings is 8. The maximum absolute atomic E-state index is 6.98. The van der Waals surface area contributed by atoms with Crippen LogP contribution in [0.15, 0.2) is 219 Å². The molecule has 0 fully saturated rings. The zero-order chi connectivity index (χ0) is 40.0. The van der Waals surface area contributed by atoms with Gasteiger partial charge in [-0.25, -0.2) is 4.98 Å². The second-order valence-corrected chi connectivity index (χ2v) is 15.4. The van der Waals surface area contributed by atoms with Gasteiger partial charge in [0.05, 0.1) is 16.8 Å². The lowest BCUT2D eigenvalue weighted by Gasteiger charge is -2.34. The molecule has 11 rings (SSSR count). The molecule has 0 bridgehead atoms. The predicted octanol–water partition coefficient (Wildman–Crippen LogP) is 14.7. The second kappa shape index (κ2) is 14.6. The minimum atomic E-state index is -0.540. The van der Waals surface area contributed by atoms with Gasteiger partial charge < -0.3 is 9.47 Å². The van der Waals surface area contributed by atoms with Crippen molar-refractivity contribution in [2.45, 2.75) is 11.8 Å². The summed E-state index contributed by atoms with van der Waals surface area (Å²) in [6.45, 7) is 4.00. The first-order chi connectivity index (χ1) is 29.7. The van der Waals surface area contributed by atoms with Gasteiger partial charge in [0.1, 0.15) is 0 Å². The molecule has 0 saturated heterocycles. The monoisotopic (exact) mass is 769 g/mol. The fourth-order valence-electron chi connectivity index (χ4n) is 9.30. The van der Waals surface area contributed by atoms with E-state index in [1.54, 1.807) is 0 Å². The zero-order valence-electron chi connectivity index (χ0n) is 32.9. The van der Waals surface area contributed by atoms with Crippen molar-refractivity contribution in [1.29, 1.82) is 0 Å². The van der Waals surface area contributed by atoms with E-state index in [0.29, 0.717) is 23.0 Å². The first-order valence-corrected chi connectivity index (χ1v) is 20.4.